The molecule has 2 aromatic rings. The van der Waals surface area contributed by atoms with Crippen LogP contribution in [-0.2, 0) is 14.9 Å². The van der Waals surface area contributed by atoms with Crippen LogP contribution in [0.2, 0.25) is 0 Å². The van der Waals surface area contributed by atoms with Crippen molar-refractivity contribution >= 4 is 53.4 Å². The van der Waals surface area contributed by atoms with Gasteiger partial charge in [-0.05, 0) is 83.3 Å². The Morgan fingerprint density at radius 3 is 2.03 bits per heavy atom. The van der Waals surface area contributed by atoms with Gasteiger partial charge in [-0.3, -0.25) is 9.35 Å². The number of Topliss-reactive ketones (excluding diaryl/α,β-unsaturated/α-hetero) is 1. The molecule has 0 saturated heterocycles. The number of nitrogen functional groups attached to an aromatic ring is 1. The van der Waals surface area contributed by atoms with Crippen molar-refractivity contribution in [1.29, 1.82) is 0 Å². The molecule has 0 saturated carbocycles. The standard InChI is InChI=1S/C14H20Br2N2O2.C6H6O3S/c1-8(19)10(14(2,3)18)4-5-20-13-11(15)6-9(17)7-12(13)16;7-10(8,9)6-4-2-1-3-5-6/h6-7,10H,4-5,17-18H2,1-3H3;1-5H,(H,7,8,9). The average Bonchev–Trinajstić information content (AvgIpc) is 2.59. The Kier molecular flexibility index (Phi) is 9.96. The van der Waals surface area contributed by atoms with Gasteiger partial charge in [0.15, 0.2) is 0 Å². The van der Waals surface area contributed by atoms with Gasteiger partial charge in [0.25, 0.3) is 10.1 Å². The number of nitrogens with two attached hydrogens (primary N) is 2. The van der Waals surface area contributed by atoms with Crippen LogP contribution in [0.1, 0.15) is 27.2 Å². The van der Waals surface area contributed by atoms with Crippen molar-refractivity contribution in [3.63, 3.8) is 0 Å². The first kappa shape index (κ1) is 26.6. The third-order valence-electron chi connectivity index (χ3n) is 4.10. The van der Waals surface area contributed by atoms with Crippen LogP contribution in [0.5, 0.6) is 5.75 Å². The number of hydrogen-bond donors (Lipinski definition) is 3. The second-order valence-electron chi connectivity index (χ2n) is 7.22. The Labute approximate surface area is 194 Å². The summed E-state index contributed by atoms with van der Waals surface area (Å²) >= 11 is 6.81. The quantitative estimate of drug-likeness (QED) is 0.334. The molecule has 0 aliphatic carbocycles. The second kappa shape index (κ2) is 11.2. The van der Waals surface area contributed by atoms with Crippen LogP contribution in [-0.4, -0.2) is 30.9 Å². The maximum atomic E-state index is 11.6. The molecule has 5 N–H and O–H groups in total. The van der Waals surface area contributed by atoms with Gasteiger partial charge in [-0.15, -0.1) is 0 Å². The van der Waals surface area contributed by atoms with Crippen molar-refractivity contribution in [2.75, 3.05) is 12.3 Å². The summed E-state index contributed by atoms with van der Waals surface area (Å²) in [5, 5.41) is 0. The smallest absolute Gasteiger partial charge is 0.294 e. The Balaban J connectivity index is 0.000000375. The molecule has 10 heteroatoms. The summed E-state index contributed by atoms with van der Waals surface area (Å²) in [6, 6.07) is 11.0. The molecule has 0 amide bonds. The highest BCUT2D eigenvalue weighted by Gasteiger charge is 2.29. The summed E-state index contributed by atoms with van der Waals surface area (Å²) in [7, 11) is -4.00. The molecule has 0 spiro atoms. The highest BCUT2D eigenvalue weighted by Crippen LogP contribution is 2.36. The minimum absolute atomic E-state index is 0.0741. The van der Waals surface area contributed by atoms with E-state index in [9.17, 15) is 13.2 Å². The second-order valence-corrected chi connectivity index (χ2v) is 10.4. The molecule has 0 fully saturated rings. The number of carbonyl (C=O) groups excluding carboxylic acids is 1. The van der Waals surface area contributed by atoms with E-state index < -0.39 is 15.7 Å². The molecule has 0 bridgehead atoms. The van der Waals surface area contributed by atoms with E-state index >= 15 is 0 Å². The summed E-state index contributed by atoms with van der Waals surface area (Å²) in [4.78, 5) is 11.6. The molecule has 2 rings (SSSR count). The molecule has 0 aromatic heterocycles. The minimum Gasteiger partial charge on any atom is -0.491 e. The first-order chi connectivity index (χ1) is 13.7. The zero-order valence-corrected chi connectivity index (χ0v) is 20.9. The van der Waals surface area contributed by atoms with Crippen molar-refractivity contribution in [3.05, 3.63) is 51.4 Å². The highest BCUT2D eigenvalue weighted by molar-refractivity contribution is 9.11. The summed E-state index contributed by atoms with van der Waals surface area (Å²) in [5.74, 6) is 0.529. The number of carbonyl (C=O) groups is 1. The van der Waals surface area contributed by atoms with Crippen molar-refractivity contribution in [2.45, 2.75) is 37.6 Å². The van der Waals surface area contributed by atoms with Crippen LogP contribution in [0.3, 0.4) is 0 Å². The predicted molar refractivity (Wildman–Crippen MR) is 125 cm³/mol. The fourth-order valence-corrected chi connectivity index (χ4v) is 4.64. The van der Waals surface area contributed by atoms with Crippen molar-refractivity contribution in [3.8, 4) is 5.75 Å². The van der Waals surface area contributed by atoms with E-state index in [2.05, 4.69) is 31.9 Å². The zero-order chi connectivity index (χ0) is 23.1. The zero-order valence-electron chi connectivity index (χ0n) is 16.9. The molecule has 0 heterocycles. The Bertz CT molecular complexity index is 938. The Morgan fingerprint density at radius 1 is 1.17 bits per heavy atom. The fraction of sp³-hybridized carbons (Fsp3) is 0.350. The maximum absolute atomic E-state index is 11.6. The number of rotatable bonds is 7. The van der Waals surface area contributed by atoms with E-state index in [1.165, 1.54) is 12.1 Å². The number of hydrogen-bond acceptors (Lipinski definition) is 6. The Hall–Kier alpha value is -1.46. The number of benzene rings is 2. The Morgan fingerprint density at radius 2 is 1.67 bits per heavy atom. The number of anilines is 1. The lowest BCUT2D eigenvalue weighted by Gasteiger charge is -2.28. The molecule has 0 radical (unpaired) electrons. The van der Waals surface area contributed by atoms with Crippen molar-refractivity contribution < 1.29 is 22.5 Å². The lowest BCUT2D eigenvalue weighted by molar-refractivity contribution is -0.122. The molecule has 30 heavy (non-hydrogen) atoms. The van der Waals surface area contributed by atoms with Gasteiger partial charge in [0, 0.05) is 17.1 Å². The van der Waals surface area contributed by atoms with Crippen LogP contribution in [0, 0.1) is 5.92 Å². The largest absolute Gasteiger partial charge is 0.491 e. The van der Waals surface area contributed by atoms with Gasteiger partial charge < -0.3 is 16.2 Å². The van der Waals surface area contributed by atoms with Gasteiger partial charge >= 0.3 is 0 Å². The lowest BCUT2D eigenvalue weighted by Crippen LogP contribution is -2.45. The SMILES string of the molecule is CC(=O)C(CCOc1c(Br)cc(N)cc1Br)C(C)(C)N.O=S(=O)(O)c1ccccc1. The molecular weight excluding hydrogens is 540 g/mol. The molecule has 0 aliphatic rings. The number of ether oxygens (including phenoxy) is 1. The molecule has 166 valence electrons. The molecule has 0 aliphatic heterocycles. The summed E-state index contributed by atoms with van der Waals surface area (Å²) in [5.41, 5.74) is 11.8. The summed E-state index contributed by atoms with van der Waals surface area (Å²) in [6.45, 7) is 5.68. The minimum atomic E-state index is -4.00. The number of ketones is 1. The normalized spacial score (nSPS) is 12.5. The van der Waals surface area contributed by atoms with Crippen LogP contribution < -0.4 is 16.2 Å². The van der Waals surface area contributed by atoms with Crippen molar-refractivity contribution in [1.82, 2.24) is 0 Å². The molecule has 1 unspecified atom stereocenters. The molecular formula is C20H26Br2N2O5S. The average molecular weight is 566 g/mol. The first-order valence-corrected chi connectivity index (χ1v) is 11.9. The lowest BCUT2D eigenvalue weighted by atomic mass is 9.83. The van der Waals surface area contributed by atoms with Gasteiger partial charge in [0.1, 0.15) is 11.5 Å². The molecule has 7 nitrogen and oxygen atoms in total. The van der Waals surface area contributed by atoms with Gasteiger partial charge in [-0.2, -0.15) is 8.42 Å². The third kappa shape index (κ3) is 8.73. The van der Waals surface area contributed by atoms with Crippen LogP contribution in [0.25, 0.3) is 0 Å². The molecule has 2 aromatic carbocycles. The van der Waals surface area contributed by atoms with E-state index in [0.29, 0.717) is 24.5 Å². The maximum Gasteiger partial charge on any atom is 0.294 e. The van der Waals surface area contributed by atoms with E-state index in [-0.39, 0.29) is 16.6 Å². The van der Waals surface area contributed by atoms with E-state index in [1.807, 2.05) is 13.8 Å². The highest BCUT2D eigenvalue weighted by atomic mass is 79.9. The van der Waals surface area contributed by atoms with E-state index in [4.69, 9.17) is 20.8 Å². The van der Waals surface area contributed by atoms with Gasteiger partial charge in [0.05, 0.1) is 20.4 Å². The van der Waals surface area contributed by atoms with Crippen LogP contribution in [0.15, 0.2) is 56.3 Å². The monoisotopic (exact) mass is 564 g/mol. The first-order valence-electron chi connectivity index (χ1n) is 8.92. The summed E-state index contributed by atoms with van der Waals surface area (Å²) in [6.07, 6.45) is 0.572. The topological polar surface area (TPSA) is 133 Å². The van der Waals surface area contributed by atoms with Crippen molar-refractivity contribution in [2.24, 2.45) is 11.7 Å². The number of halogens is 2. The van der Waals surface area contributed by atoms with Crippen LogP contribution >= 0.6 is 31.9 Å². The predicted octanol–water partition coefficient (Wildman–Crippen LogP) is 4.44. The third-order valence-corrected chi connectivity index (χ3v) is 6.15. The van der Waals surface area contributed by atoms with Gasteiger partial charge in [-0.1, -0.05) is 18.2 Å². The van der Waals surface area contributed by atoms with Gasteiger partial charge in [0.2, 0.25) is 0 Å². The van der Waals surface area contributed by atoms with E-state index in [0.717, 1.165) is 8.95 Å². The summed E-state index contributed by atoms with van der Waals surface area (Å²) < 4.78 is 36.5. The van der Waals surface area contributed by atoms with Crippen LogP contribution in [0.4, 0.5) is 5.69 Å². The molecule has 1 atom stereocenters. The fourth-order valence-electron chi connectivity index (χ4n) is 2.69. The van der Waals surface area contributed by atoms with Gasteiger partial charge in [-0.25, -0.2) is 0 Å². The van der Waals surface area contributed by atoms with E-state index in [1.54, 1.807) is 37.3 Å².